The molecule has 0 aromatic heterocycles. The van der Waals surface area contributed by atoms with E-state index in [0.29, 0.717) is 34.4 Å². The first-order valence-electron chi connectivity index (χ1n) is 9.97. The van der Waals surface area contributed by atoms with Crippen molar-refractivity contribution in [3.05, 3.63) is 94.0 Å². The Hall–Kier alpha value is -3.02. The summed E-state index contributed by atoms with van der Waals surface area (Å²) in [6, 6.07) is 21.8. The smallest absolute Gasteiger partial charge is 0.257 e. The highest BCUT2D eigenvalue weighted by Gasteiger charge is 2.22. The van der Waals surface area contributed by atoms with E-state index in [0.717, 1.165) is 24.3 Å². The van der Waals surface area contributed by atoms with Crippen molar-refractivity contribution < 1.29 is 9.59 Å². The monoisotopic (exact) mass is 453 g/mol. The number of piperazine rings is 1. The summed E-state index contributed by atoms with van der Waals surface area (Å²) in [7, 11) is 0. The molecular weight excluding hydrogens is 433 g/mol. The van der Waals surface area contributed by atoms with Gasteiger partial charge in [-0.1, -0.05) is 41.4 Å². The van der Waals surface area contributed by atoms with Gasteiger partial charge in [-0.05, 0) is 54.6 Å². The maximum absolute atomic E-state index is 12.6. The standard InChI is InChI=1S/C24H21Cl2N3O2/c25-18-6-11-21(22(26)16-18)23(30)27-19-7-9-20(10-8-19)28-12-14-29(15-13-28)24(31)17-4-2-1-3-5-17/h1-11,16H,12-15H2,(H,27,30). The van der Waals surface area contributed by atoms with Crippen molar-refractivity contribution in [2.75, 3.05) is 36.4 Å². The topological polar surface area (TPSA) is 52.7 Å². The maximum atomic E-state index is 12.6. The predicted molar refractivity (Wildman–Crippen MR) is 125 cm³/mol. The fraction of sp³-hybridized carbons (Fsp3) is 0.167. The second kappa shape index (κ2) is 9.41. The van der Waals surface area contributed by atoms with Crippen molar-refractivity contribution in [1.29, 1.82) is 0 Å². The molecule has 2 amide bonds. The predicted octanol–water partition coefficient (Wildman–Crippen LogP) is 5.21. The van der Waals surface area contributed by atoms with Gasteiger partial charge in [0.25, 0.3) is 11.8 Å². The summed E-state index contributed by atoms with van der Waals surface area (Å²) >= 11 is 12.0. The van der Waals surface area contributed by atoms with E-state index in [1.807, 2.05) is 59.5 Å². The van der Waals surface area contributed by atoms with E-state index >= 15 is 0 Å². The number of benzene rings is 3. The summed E-state index contributed by atoms with van der Waals surface area (Å²) in [6.45, 7) is 2.85. The summed E-state index contributed by atoms with van der Waals surface area (Å²) in [5, 5.41) is 3.64. The number of anilines is 2. The van der Waals surface area contributed by atoms with Crippen LogP contribution in [0.15, 0.2) is 72.8 Å². The molecule has 1 saturated heterocycles. The molecule has 1 heterocycles. The molecule has 0 unspecified atom stereocenters. The lowest BCUT2D eigenvalue weighted by atomic mass is 10.1. The number of carbonyl (C=O) groups excluding carboxylic acids is 2. The first kappa shape index (κ1) is 21.2. The SMILES string of the molecule is O=C(Nc1ccc(N2CCN(C(=O)c3ccccc3)CC2)cc1)c1ccc(Cl)cc1Cl. The summed E-state index contributed by atoms with van der Waals surface area (Å²) in [6.07, 6.45) is 0. The van der Waals surface area contributed by atoms with Gasteiger partial charge in [-0.2, -0.15) is 0 Å². The summed E-state index contributed by atoms with van der Waals surface area (Å²) in [5.74, 6) is -0.221. The fourth-order valence-corrected chi connectivity index (χ4v) is 4.05. The van der Waals surface area contributed by atoms with Crippen LogP contribution in [0.5, 0.6) is 0 Å². The van der Waals surface area contributed by atoms with Gasteiger partial charge in [0.1, 0.15) is 0 Å². The van der Waals surface area contributed by atoms with Crippen molar-refractivity contribution >= 4 is 46.4 Å². The number of nitrogens with zero attached hydrogens (tertiary/aromatic N) is 2. The second-order valence-electron chi connectivity index (χ2n) is 7.27. The Morgan fingerprint density at radius 2 is 1.48 bits per heavy atom. The maximum Gasteiger partial charge on any atom is 0.257 e. The second-order valence-corrected chi connectivity index (χ2v) is 8.11. The molecule has 3 aromatic carbocycles. The third kappa shape index (κ3) is 5.01. The lowest BCUT2D eigenvalue weighted by Gasteiger charge is -2.36. The minimum atomic E-state index is -0.289. The molecule has 158 valence electrons. The van der Waals surface area contributed by atoms with Crippen LogP contribution in [0.25, 0.3) is 0 Å². The van der Waals surface area contributed by atoms with Crippen LogP contribution in [0.4, 0.5) is 11.4 Å². The van der Waals surface area contributed by atoms with Crippen molar-refractivity contribution in [1.82, 2.24) is 4.90 Å². The van der Waals surface area contributed by atoms with Gasteiger partial charge in [0.15, 0.2) is 0 Å². The molecule has 0 atom stereocenters. The molecule has 4 rings (SSSR count). The number of carbonyl (C=O) groups is 2. The van der Waals surface area contributed by atoms with Gasteiger partial charge < -0.3 is 15.1 Å². The van der Waals surface area contributed by atoms with Crippen molar-refractivity contribution in [3.8, 4) is 0 Å². The Morgan fingerprint density at radius 1 is 0.806 bits per heavy atom. The first-order valence-corrected chi connectivity index (χ1v) is 10.7. The van der Waals surface area contributed by atoms with Crippen molar-refractivity contribution in [2.45, 2.75) is 0 Å². The molecule has 0 radical (unpaired) electrons. The van der Waals surface area contributed by atoms with Crippen LogP contribution in [0, 0.1) is 0 Å². The molecule has 7 heteroatoms. The Morgan fingerprint density at radius 3 is 2.13 bits per heavy atom. The van der Waals surface area contributed by atoms with Crippen LogP contribution >= 0.6 is 23.2 Å². The Bertz CT molecular complexity index is 1080. The molecule has 0 aliphatic carbocycles. The number of halogens is 2. The lowest BCUT2D eigenvalue weighted by molar-refractivity contribution is 0.0746. The van der Waals surface area contributed by atoms with Crippen LogP contribution in [0.3, 0.4) is 0 Å². The quantitative estimate of drug-likeness (QED) is 0.589. The van der Waals surface area contributed by atoms with E-state index in [-0.39, 0.29) is 11.8 Å². The van der Waals surface area contributed by atoms with Gasteiger partial charge >= 0.3 is 0 Å². The molecule has 5 nitrogen and oxygen atoms in total. The molecular formula is C24H21Cl2N3O2. The largest absolute Gasteiger partial charge is 0.368 e. The molecule has 1 aliphatic rings. The number of hydrogen-bond acceptors (Lipinski definition) is 3. The van der Waals surface area contributed by atoms with Gasteiger partial charge in [0, 0.05) is 48.1 Å². The molecule has 31 heavy (non-hydrogen) atoms. The third-order valence-corrected chi connectivity index (χ3v) is 5.80. The molecule has 1 N–H and O–H groups in total. The summed E-state index contributed by atoms with van der Waals surface area (Å²) in [5.41, 5.74) is 2.82. The average molecular weight is 454 g/mol. The highest BCUT2D eigenvalue weighted by molar-refractivity contribution is 6.37. The van der Waals surface area contributed by atoms with E-state index in [4.69, 9.17) is 23.2 Å². The zero-order chi connectivity index (χ0) is 21.8. The molecule has 1 fully saturated rings. The van der Waals surface area contributed by atoms with Crippen LogP contribution in [-0.4, -0.2) is 42.9 Å². The van der Waals surface area contributed by atoms with Crippen LogP contribution in [0.1, 0.15) is 20.7 Å². The number of amides is 2. The minimum Gasteiger partial charge on any atom is -0.368 e. The third-order valence-electron chi connectivity index (χ3n) is 5.25. The van der Waals surface area contributed by atoms with Crippen LogP contribution in [0.2, 0.25) is 10.0 Å². The van der Waals surface area contributed by atoms with Gasteiger partial charge in [0.2, 0.25) is 0 Å². The normalized spacial score (nSPS) is 13.7. The zero-order valence-corrected chi connectivity index (χ0v) is 18.2. The lowest BCUT2D eigenvalue weighted by Crippen LogP contribution is -2.48. The highest BCUT2D eigenvalue weighted by Crippen LogP contribution is 2.24. The van der Waals surface area contributed by atoms with E-state index < -0.39 is 0 Å². The van der Waals surface area contributed by atoms with E-state index in [1.54, 1.807) is 18.2 Å². The van der Waals surface area contributed by atoms with Gasteiger partial charge in [-0.15, -0.1) is 0 Å². The first-order chi connectivity index (χ1) is 15.0. The van der Waals surface area contributed by atoms with Gasteiger partial charge in [-0.25, -0.2) is 0 Å². The molecule has 0 spiro atoms. The molecule has 0 saturated carbocycles. The minimum absolute atomic E-state index is 0.0687. The summed E-state index contributed by atoms with van der Waals surface area (Å²) < 4.78 is 0. The van der Waals surface area contributed by atoms with Crippen LogP contribution < -0.4 is 10.2 Å². The number of hydrogen-bond donors (Lipinski definition) is 1. The number of rotatable bonds is 4. The van der Waals surface area contributed by atoms with E-state index in [2.05, 4.69) is 10.2 Å². The fourth-order valence-electron chi connectivity index (χ4n) is 3.56. The summed E-state index contributed by atoms with van der Waals surface area (Å²) in [4.78, 5) is 29.2. The molecule has 1 aliphatic heterocycles. The zero-order valence-electron chi connectivity index (χ0n) is 16.7. The Kier molecular flexibility index (Phi) is 6.44. The highest BCUT2D eigenvalue weighted by atomic mass is 35.5. The van der Waals surface area contributed by atoms with Gasteiger partial charge in [0.05, 0.1) is 10.6 Å². The molecule has 0 bridgehead atoms. The average Bonchev–Trinajstić information content (AvgIpc) is 2.80. The van der Waals surface area contributed by atoms with E-state index in [9.17, 15) is 9.59 Å². The van der Waals surface area contributed by atoms with E-state index in [1.165, 1.54) is 0 Å². The van der Waals surface area contributed by atoms with Crippen LogP contribution in [-0.2, 0) is 0 Å². The Balaban J connectivity index is 1.35. The molecule has 3 aromatic rings. The van der Waals surface area contributed by atoms with Gasteiger partial charge in [-0.3, -0.25) is 9.59 Å². The van der Waals surface area contributed by atoms with Crippen molar-refractivity contribution in [2.24, 2.45) is 0 Å². The number of nitrogens with one attached hydrogen (secondary N) is 1. The van der Waals surface area contributed by atoms with Crippen molar-refractivity contribution in [3.63, 3.8) is 0 Å². The Labute approximate surface area is 191 Å².